The summed E-state index contributed by atoms with van der Waals surface area (Å²) in [4.78, 5) is 23.4. The third-order valence-electron chi connectivity index (χ3n) is 2.79. The monoisotopic (exact) mass is 236 g/mol. The lowest BCUT2D eigenvalue weighted by Crippen LogP contribution is -2.44. The SMILES string of the molecule is CCOC(=O)C(CC)(C(=O)O)c1ccccc1. The molecule has 1 unspecified atom stereocenters. The number of ether oxygens (including phenoxy) is 1. The van der Waals surface area contributed by atoms with E-state index >= 15 is 0 Å². The molecular formula is C13H16O4. The highest BCUT2D eigenvalue weighted by Crippen LogP contribution is 2.30. The summed E-state index contributed by atoms with van der Waals surface area (Å²) in [5.41, 5.74) is -1.15. The van der Waals surface area contributed by atoms with E-state index in [0.717, 1.165) is 0 Å². The number of carboxylic acid groups (broad SMARTS) is 1. The lowest BCUT2D eigenvalue weighted by atomic mass is 9.78. The van der Waals surface area contributed by atoms with Crippen molar-refractivity contribution in [1.29, 1.82) is 0 Å². The van der Waals surface area contributed by atoms with Gasteiger partial charge in [0.05, 0.1) is 6.61 Å². The molecule has 92 valence electrons. The number of carbonyl (C=O) groups is 2. The molecule has 4 heteroatoms. The van der Waals surface area contributed by atoms with Crippen molar-refractivity contribution in [2.75, 3.05) is 6.61 Å². The fraction of sp³-hybridized carbons (Fsp3) is 0.385. The Bertz CT molecular complexity index is 399. The quantitative estimate of drug-likeness (QED) is 0.627. The molecule has 1 rings (SSSR count). The fourth-order valence-electron chi connectivity index (χ4n) is 1.81. The maximum Gasteiger partial charge on any atom is 0.328 e. The van der Waals surface area contributed by atoms with Crippen LogP contribution in [0.5, 0.6) is 0 Å². The number of carboxylic acids is 1. The maximum absolute atomic E-state index is 11.9. The van der Waals surface area contributed by atoms with Gasteiger partial charge in [0.1, 0.15) is 0 Å². The van der Waals surface area contributed by atoms with Gasteiger partial charge in [0, 0.05) is 0 Å². The smallest absolute Gasteiger partial charge is 0.328 e. The molecule has 1 aromatic carbocycles. The van der Waals surface area contributed by atoms with Crippen LogP contribution in [0, 0.1) is 0 Å². The van der Waals surface area contributed by atoms with E-state index in [9.17, 15) is 14.7 Å². The highest BCUT2D eigenvalue weighted by atomic mass is 16.5. The standard InChI is InChI=1S/C13H16O4/c1-3-13(11(14)15,12(16)17-4-2)10-8-6-5-7-9-10/h5-9H,3-4H2,1-2H3,(H,14,15). The van der Waals surface area contributed by atoms with Crippen LogP contribution in [0.15, 0.2) is 30.3 Å². The molecule has 0 saturated heterocycles. The number of carbonyl (C=O) groups excluding carboxylic acids is 1. The molecule has 17 heavy (non-hydrogen) atoms. The molecule has 0 aromatic heterocycles. The zero-order valence-corrected chi connectivity index (χ0v) is 9.97. The lowest BCUT2D eigenvalue weighted by Gasteiger charge is -2.26. The summed E-state index contributed by atoms with van der Waals surface area (Å²) in [7, 11) is 0. The van der Waals surface area contributed by atoms with Gasteiger partial charge in [-0.2, -0.15) is 0 Å². The van der Waals surface area contributed by atoms with Gasteiger partial charge in [-0.05, 0) is 18.9 Å². The predicted molar refractivity (Wildman–Crippen MR) is 62.7 cm³/mol. The van der Waals surface area contributed by atoms with Gasteiger partial charge in [-0.25, -0.2) is 0 Å². The van der Waals surface area contributed by atoms with Gasteiger partial charge in [-0.1, -0.05) is 37.3 Å². The Morgan fingerprint density at radius 2 is 1.82 bits per heavy atom. The first-order valence-electron chi connectivity index (χ1n) is 5.55. The van der Waals surface area contributed by atoms with Gasteiger partial charge in [-0.15, -0.1) is 0 Å². The van der Waals surface area contributed by atoms with Crippen LogP contribution >= 0.6 is 0 Å². The van der Waals surface area contributed by atoms with E-state index in [1.54, 1.807) is 44.2 Å². The lowest BCUT2D eigenvalue weighted by molar-refractivity contribution is -0.161. The van der Waals surface area contributed by atoms with Crippen molar-refractivity contribution < 1.29 is 19.4 Å². The summed E-state index contributed by atoms with van der Waals surface area (Å²) >= 11 is 0. The molecule has 0 heterocycles. The Morgan fingerprint density at radius 1 is 1.24 bits per heavy atom. The third kappa shape index (κ3) is 2.30. The Morgan fingerprint density at radius 3 is 2.24 bits per heavy atom. The van der Waals surface area contributed by atoms with E-state index in [0.29, 0.717) is 5.56 Å². The number of rotatable bonds is 5. The van der Waals surface area contributed by atoms with Crippen LogP contribution in [-0.4, -0.2) is 23.7 Å². The Labute approximate surface area is 100 Å². The Hall–Kier alpha value is -1.84. The van der Waals surface area contributed by atoms with Crippen LogP contribution in [0.4, 0.5) is 0 Å². The number of benzene rings is 1. The minimum Gasteiger partial charge on any atom is -0.480 e. The average Bonchev–Trinajstić information content (AvgIpc) is 2.32. The van der Waals surface area contributed by atoms with Gasteiger partial charge < -0.3 is 9.84 Å². The van der Waals surface area contributed by atoms with Crippen molar-refractivity contribution in [2.24, 2.45) is 0 Å². The molecule has 0 aliphatic heterocycles. The average molecular weight is 236 g/mol. The first-order chi connectivity index (χ1) is 8.09. The minimum absolute atomic E-state index is 0.158. The second kappa shape index (κ2) is 5.48. The molecule has 0 fully saturated rings. The fourth-order valence-corrected chi connectivity index (χ4v) is 1.81. The van der Waals surface area contributed by atoms with E-state index in [1.165, 1.54) is 0 Å². The summed E-state index contributed by atoms with van der Waals surface area (Å²) in [5.74, 6) is -1.88. The predicted octanol–water partition coefficient (Wildman–Crippen LogP) is 1.98. The Balaban J connectivity index is 3.28. The molecule has 0 amide bonds. The number of hydrogen-bond donors (Lipinski definition) is 1. The normalized spacial score (nSPS) is 13.8. The molecule has 0 spiro atoms. The summed E-state index contributed by atoms with van der Waals surface area (Å²) in [6, 6.07) is 8.46. The first kappa shape index (κ1) is 13.2. The zero-order valence-electron chi connectivity index (χ0n) is 9.97. The van der Waals surface area contributed by atoms with Crippen LogP contribution < -0.4 is 0 Å². The van der Waals surface area contributed by atoms with Crippen molar-refractivity contribution in [1.82, 2.24) is 0 Å². The molecule has 0 aliphatic rings. The van der Waals surface area contributed by atoms with E-state index in [4.69, 9.17) is 4.74 Å². The van der Waals surface area contributed by atoms with Gasteiger partial charge in [0.25, 0.3) is 0 Å². The molecule has 4 nitrogen and oxygen atoms in total. The number of hydrogen-bond acceptors (Lipinski definition) is 3. The molecule has 0 saturated carbocycles. The van der Waals surface area contributed by atoms with Crippen LogP contribution in [0.1, 0.15) is 25.8 Å². The summed E-state index contributed by atoms with van der Waals surface area (Å²) in [6.07, 6.45) is 0.158. The van der Waals surface area contributed by atoms with Gasteiger partial charge in [-0.3, -0.25) is 9.59 Å². The van der Waals surface area contributed by atoms with Crippen molar-refractivity contribution >= 4 is 11.9 Å². The van der Waals surface area contributed by atoms with Crippen LogP contribution in [-0.2, 0) is 19.7 Å². The van der Waals surface area contributed by atoms with E-state index in [1.807, 2.05) is 0 Å². The van der Waals surface area contributed by atoms with E-state index in [2.05, 4.69) is 0 Å². The molecule has 0 radical (unpaired) electrons. The van der Waals surface area contributed by atoms with Gasteiger partial charge in [0.15, 0.2) is 5.41 Å². The molecule has 0 bridgehead atoms. The zero-order chi connectivity index (χ0) is 12.9. The molecule has 0 aliphatic carbocycles. The third-order valence-corrected chi connectivity index (χ3v) is 2.79. The van der Waals surface area contributed by atoms with Gasteiger partial charge in [0.2, 0.25) is 0 Å². The largest absolute Gasteiger partial charge is 0.480 e. The Kier molecular flexibility index (Phi) is 4.26. The molecular weight excluding hydrogens is 220 g/mol. The van der Waals surface area contributed by atoms with Crippen molar-refractivity contribution in [3.05, 3.63) is 35.9 Å². The van der Waals surface area contributed by atoms with Crippen molar-refractivity contribution in [2.45, 2.75) is 25.7 Å². The summed E-state index contributed by atoms with van der Waals surface area (Å²) in [5, 5.41) is 9.37. The molecule has 1 N–H and O–H groups in total. The van der Waals surface area contributed by atoms with Crippen LogP contribution in [0.3, 0.4) is 0 Å². The first-order valence-corrected chi connectivity index (χ1v) is 5.55. The molecule has 1 atom stereocenters. The van der Waals surface area contributed by atoms with Gasteiger partial charge >= 0.3 is 11.9 Å². The minimum atomic E-state index is -1.60. The van der Waals surface area contributed by atoms with Crippen molar-refractivity contribution in [3.63, 3.8) is 0 Å². The highest BCUT2D eigenvalue weighted by molar-refractivity contribution is 6.05. The second-order valence-corrected chi connectivity index (χ2v) is 3.65. The van der Waals surface area contributed by atoms with E-state index < -0.39 is 17.4 Å². The molecule has 1 aromatic rings. The topological polar surface area (TPSA) is 63.6 Å². The maximum atomic E-state index is 11.9. The summed E-state index contributed by atoms with van der Waals surface area (Å²) < 4.78 is 4.89. The van der Waals surface area contributed by atoms with Crippen molar-refractivity contribution in [3.8, 4) is 0 Å². The number of aliphatic carboxylic acids is 1. The van der Waals surface area contributed by atoms with Crippen LogP contribution in [0.25, 0.3) is 0 Å². The highest BCUT2D eigenvalue weighted by Gasteiger charge is 2.47. The van der Waals surface area contributed by atoms with Crippen LogP contribution in [0.2, 0.25) is 0 Å². The number of esters is 1. The van der Waals surface area contributed by atoms with E-state index in [-0.39, 0.29) is 13.0 Å². The summed E-state index contributed by atoms with van der Waals surface area (Å²) in [6.45, 7) is 3.49. The second-order valence-electron chi connectivity index (χ2n) is 3.65.